The number of hydrogen-bond donors (Lipinski definition) is 1. The molecule has 1 aliphatic rings. The second-order valence-electron chi connectivity index (χ2n) is 4.27. The Kier molecular flexibility index (Phi) is 5.19. The minimum absolute atomic E-state index is 0.0138. The van der Waals surface area contributed by atoms with Crippen molar-refractivity contribution in [2.75, 3.05) is 38.4 Å². The predicted molar refractivity (Wildman–Crippen MR) is 82.6 cm³/mol. The summed E-state index contributed by atoms with van der Waals surface area (Å²) in [6.07, 6.45) is 0. The van der Waals surface area contributed by atoms with Crippen molar-refractivity contribution >= 4 is 40.2 Å². The summed E-state index contributed by atoms with van der Waals surface area (Å²) in [5, 5.41) is 3.01. The lowest BCUT2D eigenvalue weighted by Crippen LogP contribution is -2.33. The number of nitrogens with one attached hydrogen (secondary N) is 1. The zero-order valence-electron chi connectivity index (χ0n) is 11.6. The van der Waals surface area contributed by atoms with Gasteiger partial charge in [0.2, 0.25) is 5.91 Å². The highest BCUT2D eigenvalue weighted by Crippen LogP contribution is 2.35. The van der Waals surface area contributed by atoms with Gasteiger partial charge in [0.25, 0.3) is 5.24 Å². The van der Waals surface area contributed by atoms with Gasteiger partial charge in [-0.15, -0.1) is 0 Å². The highest BCUT2D eigenvalue weighted by Gasteiger charge is 2.23. The summed E-state index contributed by atoms with van der Waals surface area (Å²) in [5.74, 6) is 1.27. The Morgan fingerprint density at radius 2 is 2.10 bits per heavy atom. The third-order valence-corrected chi connectivity index (χ3v) is 4.11. The summed E-state index contributed by atoms with van der Waals surface area (Å²) in [5.41, 5.74) is 0.447. The fourth-order valence-corrected chi connectivity index (χ4v) is 2.95. The normalized spacial score (nSPS) is 14.2. The van der Waals surface area contributed by atoms with Crippen LogP contribution < -0.4 is 14.8 Å². The molecule has 2 amide bonds. The van der Waals surface area contributed by atoms with Crippen molar-refractivity contribution in [3.63, 3.8) is 0 Å². The Morgan fingerprint density at radius 3 is 2.67 bits per heavy atom. The third-order valence-electron chi connectivity index (χ3n) is 2.93. The minimum atomic E-state index is -0.298. The summed E-state index contributed by atoms with van der Waals surface area (Å²) in [6, 6.07) is 3.15. The smallest absolute Gasteiger partial charge is 0.282 e. The lowest BCUT2D eigenvalue weighted by atomic mass is 10.2. The first kappa shape index (κ1) is 15.8. The van der Waals surface area contributed by atoms with E-state index in [2.05, 4.69) is 5.32 Å². The molecular weight excluding hydrogens is 316 g/mol. The average molecular weight is 331 g/mol. The summed E-state index contributed by atoms with van der Waals surface area (Å²) < 4.78 is 10.3. The van der Waals surface area contributed by atoms with Gasteiger partial charge in [-0.1, -0.05) is 23.4 Å². The Balaban J connectivity index is 2.10. The number of anilines is 1. The molecule has 1 fully saturated rings. The molecule has 1 aliphatic heterocycles. The van der Waals surface area contributed by atoms with Crippen LogP contribution in [-0.4, -0.2) is 49.1 Å². The largest absolute Gasteiger partial charge is 0.495 e. The van der Waals surface area contributed by atoms with Crippen LogP contribution in [0.15, 0.2) is 12.1 Å². The molecule has 2 rings (SSSR count). The second kappa shape index (κ2) is 6.91. The zero-order chi connectivity index (χ0) is 15.4. The number of hydrogen-bond acceptors (Lipinski definition) is 5. The molecule has 21 heavy (non-hydrogen) atoms. The van der Waals surface area contributed by atoms with Crippen LogP contribution in [0.2, 0.25) is 5.02 Å². The molecule has 6 nitrogen and oxygen atoms in total. The van der Waals surface area contributed by atoms with Gasteiger partial charge in [0.05, 0.1) is 24.9 Å². The van der Waals surface area contributed by atoms with Crippen LogP contribution in [0.3, 0.4) is 0 Å². The molecule has 1 N–H and O–H groups in total. The molecule has 8 heteroatoms. The molecule has 1 aromatic rings. The number of rotatable bonds is 5. The van der Waals surface area contributed by atoms with Crippen molar-refractivity contribution in [3.05, 3.63) is 17.2 Å². The average Bonchev–Trinajstić information content (AvgIpc) is 2.85. The summed E-state index contributed by atoms with van der Waals surface area (Å²) in [7, 11) is 2.97. The van der Waals surface area contributed by atoms with Crippen LogP contribution >= 0.6 is 23.4 Å². The second-order valence-corrected chi connectivity index (χ2v) is 5.72. The van der Waals surface area contributed by atoms with Gasteiger partial charge in [-0.25, -0.2) is 0 Å². The van der Waals surface area contributed by atoms with Crippen LogP contribution in [0.25, 0.3) is 0 Å². The van der Waals surface area contributed by atoms with Crippen LogP contribution in [0.5, 0.6) is 11.5 Å². The number of methoxy groups -OCH3 is 2. The molecule has 0 radical (unpaired) electrons. The Hall–Kier alpha value is -1.60. The van der Waals surface area contributed by atoms with Gasteiger partial charge in [0, 0.05) is 24.4 Å². The van der Waals surface area contributed by atoms with E-state index in [9.17, 15) is 9.59 Å². The molecule has 0 saturated carbocycles. The van der Waals surface area contributed by atoms with Crippen LogP contribution in [-0.2, 0) is 4.79 Å². The van der Waals surface area contributed by atoms with E-state index < -0.39 is 0 Å². The number of carbonyl (C=O) groups excluding carboxylic acids is 2. The Bertz CT molecular complexity index is 567. The Labute approximate surface area is 131 Å². The topological polar surface area (TPSA) is 67.9 Å². The molecular formula is C13H15ClN2O4S. The van der Waals surface area contributed by atoms with E-state index in [0.29, 0.717) is 34.5 Å². The first-order valence-corrected chi connectivity index (χ1v) is 7.54. The number of ether oxygens (including phenoxy) is 2. The van der Waals surface area contributed by atoms with Crippen LogP contribution in [0.4, 0.5) is 10.5 Å². The number of halogens is 1. The van der Waals surface area contributed by atoms with Gasteiger partial charge >= 0.3 is 0 Å². The fraction of sp³-hybridized carbons (Fsp3) is 0.385. The van der Waals surface area contributed by atoms with E-state index in [4.69, 9.17) is 21.1 Å². The SMILES string of the molecule is COc1cc(NC(=O)CN2CCSC2=O)c(OC)cc1Cl. The lowest BCUT2D eigenvalue weighted by molar-refractivity contribution is -0.116. The summed E-state index contributed by atoms with van der Waals surface area (Å²) in [6.45, 7) is 0.595. The van der Waals surface area contributed by atoms with E-state index in [1.165, 1.54) is 30.9 Å². The lowest BCUT2D eigenvalue weighted by Gasteiger charge is -2.16. The number of benzene rings is 1. The van der Waals surface area contributed by atoms with Crippen molar-refractivity contribution in [1.82, 2.24) is 4.90 Å². The summed E-state index contributed by atoms with van der Waals surface area (Å²) >= 11 is 7.21. The maximum absolute atomic E-state index is 12.0. The van der Waals surface area contributed by atoms with Gasteiger partial charge < -0.3 is 19.7 Å². The van der Waals surface area contributed by atoms with Gasteiger partial charge in [0.15, 0.2) is 0 Å². The van der Waals surface area contributed by atoms with Crippen molar-refractivity contribution in [3.8, 4) is 11.5 Å². The standard InChI is InChI=1S/C13H15ClN2O4S/c1-19-10-6-9(11(20-2)5-8(10)14)15-12(17)7-16-3-4-21-13(16)18/h5-6H,3-4,7H2,1-2H3,(H,15,17). The van der Waals surface area contributed by atoms with Gasteiger partial charge in [-0.05, 0) is 0 Å². The van der Waals surface area contributed by atoms with E-state index in [-0.39, 0.29) is 17.7 Å². The quantitative estimate of drug-likeness (QED) is 0.898. The first-order valence-electron chi connectivity index (χ1n) is 6.18. The fourth-order valence-electron chi connectivity index (χ4n) is 1.89. The third kappa shape index (κ3) is 3.74. The Morgan fingerprint density at radius 1 is 1.38 bits per heavy atom. The van der Waals surface area contributed by atoms with Crippen molar-refractivity contribution in [2.24, 2.45) is 0 Å². The predicted octanol–water partition coefficient (Wildman–Crippen LogP) is 2.46. The first-order chi connectivity index (χ1) is 10.0. The molecule has 1 aromatic carbocycles. The van der Waals surface area contributed by atoms with E-state index >= 15 is 0 Å². The maximum Gasteiger partial charge on any atom is 0.282 e. The van der Waals surface area contributed by atoms with Crippen molar-refractivity contribution < 1.29 is 19.1 Å². The van der Waals surface area contributed by atoms with Crippen LogP contribution in [0, 0.1) is 0 Å². The number of nitrogens with zero attached hydrogens (tertiary/aromatic N) is 1. The van der Waals surface area contributed by atoms with E-state index in [1.54, 1.807) is 12.1 Å². The highest BCUT2D eigenvalue weighted by atomic mass is 35.5. The maximum atomic E-state index is 12.0. The van der Waals surface area contributed by atoms with Gasteiger partial charge in [0.1, 0.15) is 18.0 Å². The van der Waals surface area contributed by atoms with E-state index in [1.807, 2.05) is 0 Å². The van der Waals surface area contributed by atoms with Crippen molar-refractivity contribution in [1.29, 1.82) is 0 Å². The molecule has 0 aromatic heterocycles. The molecule has 0 unspecified atom stereocenters. The molecule has 0 aliphatic carbocycles. The molecule has 0 bridgehead atoms. The molecule has 1 heterocycles. The van der Waals surface area contributed by atoms with E-state index in [0.717, 1.165) is 0 Å². The molecule has 0 spiro atoms. The number of thioether (sulfide) groups is 1. The minimum Gasteiger partial charge on any atom is -0.495 e. The highest BCUT2D eigenvalue weighted by molar-refractivity contribution is 8.13. The number of amides is 2. The zero-order valence-corrected chi connectivity index (χ0v) is 13.2. The van der Waals surface area contributed by atoms with Crippen LogP contribution in [0.1, 0.15) is 0 Å². The summed E-state index contributed by atoms with van der Waals surface area (Å²) in [4.78, 5) is 25.0. The molecule has 1 saturated heterocycles. The van der Waals surface area contributed by atoms with Gasteiger partial charge in [-0.2, -0.15) is 0 Å². The van der Waals surface area contributed by atoms with Crippen molar-refractivity contribution in [2.45, 2.75) is 0 Å². The molecule has 0 atom stereocenters. The molecule has 114 valence electrons. The van der Waals surface area contributed by atoms with Gasteiger partial charge in [-0.3, -0.25) is 9.59 Å². The monoisotopic (exact) mass is 330 g/mol. The number of carbonyl (C=O) groups is 2.